The zero-order chi connectivity index (χ0) is 24.6. The molecule has 3 aliphatic heterocycles. The van der Waals surface area contributed by atoms with Crippen molar-refractivity contribution in [1.82, 2.24) is 30.1 Å². The van der Waals surface area contributed by atoms with Crippen LogP contribution < -0.4 is 10.2 Å². The van der Waals surface area contributed by atoms with Gasteiger partial charge in [0.15, 0.2) is 0 Å². The Bertz CT molecular complexity index is 1150. The van der Waals surface area contributed by atoms with Gasteiger partial charge in [0.2, 0.25) is 0 Å². The van der Waals surface area contributed by atoms with Crippen molar-refractivity contribution in [2.75, 3.05) is 57.8 Å². The van der Waals surface area contributed by atoms with Gasteiger partial charge in [-0.1, -0.05) is 20.8 Å². The van der Waals surface area contributed by atoms with Gasteiger partial charge in [-0.3, -0.25) is 14.8 Å². The molecule has 2 aromatic rings. The zero-order valence-electron chi connectivity index (χ0n) is 21.3. The van der Waals surface area contributed by atoms with Gasteiger partial charge in [0.1, 0.15) is 17.7 Å². The Morgan fingerprint density at radius 1 is 1.03 bits per heavy atom. The molecule has 0 aliphatic carbocycles. The maximum absolute atomic E-state index is 13.1. The molecule has 1 amide bonds. The molecule has 5 rings (SSSR count). The first-order chi connectivity index (χ1) is 16.8. The van der Waals surface area contributed by atoms with E-state index in [9.17, 15) is 4.79 Å². The lowest BCUT2D eigenvalue weighted by molar-refractivity contribution is -0.128. The monoisotopic (exact) mass is 476 g/mol. The summed E-state index contributed by atoms with van der Waals surface area (Å²) in [4.78, 5) is 38.3. The standard InChI is InChI=1S/C26H36N8O/c1-26(2,3)25-28-14-19(15-29-25)24(35)34-7-5-18(6-8-34)22-23-21(30-17-31-22)13-20(16-27-23)33-11-9-32(4)10-12-33/h13-14,16-18H,5-12,15H2,1-4H3,(H,28,29). The van der Waals surface area contributed by atoms with Gasteiger partial charge in [-0.25, -0.2) is 9.97 Å². The number of hydrogen-bond donors (Lipinski definition) is 1. The quantitative estimate of drug-likeness (QED) is 0.728. The summed E-state index contributed by atoms with van der Waals surface area (Å²) in [5.41, 5.74) is 4.59. The van der Waals surface area contributed by atoms with Crippen LogP contribution in [0.3, 0.4) is 0 Å². The number of amides is 1. The number of hydrogen-bond acceptors (Lipinski definition) is 8. The first-order valence-corrected chi connectivity index (χ1v) is 12.6. The first-order valence-electron chi connectivity index (χ1n) is 12.6. The number of anilines is 1. The zero-order valence-corrected chi connectivity index (χ0v) is 21.3. The van der Waals surface area contributed by atoms with Gasteiger partial charge >= 0.3 is 0 Å². The van der Waals surface area contributed by atoms with E-state index in [2.05, 4.69) is 64.0 Å². The fourth-order valence-corrected chi connectivity index (χ4v) is 5.04. The molecule has 186 valence electrons. The maximum atomic E-state index is 13.1. The summed E-state index contributed by atoms with van der Waals surface area (Å²) in [5, 5.41) is 3.22. The number of carbonyl (C=O) groups is 1. The molecule has 2 fully saturated rings. The summed E-state index contributed by atoms with van der Waals surface area (Å²) in [5.74, 6) is 1.28. The Kier molecular flexibility index (Phi) is 6.44. The molecule has 0 spiro atoms. The topological polar surface area (TPSA) is 89.8 Å². The van der Waals surface area contributed by atoms with E-state index in [1.54, 1.807) is 6.33 Å². The number of pyridine rings is 1. The highest BCUT2D eigenvalue weighted by Crippen LogP contribution is 2.32. The summed E-state index contributed by atoms with van der Waals surface area (Å²) in [6.45, 7) is 12.3. The van der Waals surface area contributed by atoms with Crippen molar-refractivity contribution in [3.05, 3.63) is 36.1 Å². The third kappa shape index (κ3) is 5.00. The van der Waals surface area contributed by atoms with Crippen molar-refractivity contribution in [3.63, 3.8) is 0 Å². The molecule has 35 heavy (non-hydrogen) atoms. The number of carbonyl (C=O) groups excluding carboxylic acids is 1. The van der Waals surface area contributed by atoms with Gasteiger partial charge in [0, 0.05) is 56.8 Å². The molecule has 1 N–H and O–H groups in total. The number of rotatable bonds is 3. The Morgan fingerprint density at radius 3 is 2.43 bits per heavy atom. The van der Waals surface area contributed by atoms with Gasteiger partial charge < -0.3 is 20.0 Å². The van der Waals surface area contributed by atoms with Crippen LogP contribution in [0.5, 0.6) is 0 Å². The molecule has 2 aromatic heterocycles. The number of likely N-dealkylation sites (N-methyl/N-ethyl adjacent to an activating group) is 1. The van der Waals surface area contributed by atoms with Crippen LogP contribution in [0.15, 0.2) is 35.4 Å². The lowest BCUT2D eigenvalue weighted by Crippen LogP contribution is -2.44. The Hall–Kier alpha value is -3.07. The second-order valence-electron chi connectivity index (χ2n) is 10.9. The number of aliphatic imine (C=N–C) groups is 1. The van der Waals surface area contributed by atoms with Crippen molar-refractivity contribution in [2.45, 2.75) is 39.5 Å². The third-order valence-electron chi connectivity index (χ3n) is 7.30. The number of nitrogens with one attached hydrogen (secondary N) is 1. The lowest BCUT2D eigenvalue weighted by atomic mass is 9.91. The Balaban J connectivity index is 1.24. The van der Waals surface area contributed by atoms with Crippen LogP contribution in [-0.2, 0) is 4.79 Å². The molecule has 5 heterocycles. The molecule has 0 unspecified atom stereocenters. The number of amidine groups is 1. The highest BCUT2D eigenvalue weighted by Gasteiger charge is 2.29. The van der Waals surface area contributed by atoms with Crippen LogP contribution in [0.25, 0.3) is 11.0 Å². The fourth-order valence-electron chi connectivity index (χ4n) is 5.04. The summed E-state index contributed by atoms with van der Waals surface area (Å²) >= 11 is 0. The first kappa shape index (κ1) is 23.7. The van der Waals surface area contributed by atoms with Crippen molar-refractivity contribution in [1.29, 1.82) is 0 Å². The van der Waals surface area contributed by atoms with Crippen LogP contribution >= 0.6 is 0 Å². The van der Waals surface area contributed by atoms with Gasteiger partial charge in [0.05, 0.1) is 35.2 Å². The predicted octanol–water partition coefficient (Wildman–Crippen LogP) is 2.41. The van der Waals surface area contributed by atoms with E-state index in [0.29, 0.717) is 19.6 Å². The molecular weight excluding hydrogens is 440 g/mol. The van der Waals surface area contributed by atoms with E-state index in [4.69, 9.17) is 4.98 Å². The largest absolute Gasteiger partial charge is 0.368 e. The Labute approximate surface area is 207 Å². The molecule has 0 aromatic carbocycles. The molecule has 2 saturated heterocycles. The van der Waals surface area contributed by atoms with Gasteiger partial charge in [-0.15, -0.1) is 0 Å². The summed E-state index contributed by atoms with van der Waals surface area (Å²) in [6.07, 6.45) is 7.21. The SMILES string of the molecule is CN1CCN(c2cnc3c(C4CCN(C(=O)C5=CNC(C(C)(C)C)=NC5)CC4)ncnc3c2)CC1. The number of nitrogens with zero attached hydrogens (tertiary/aromatic N) is 7. The average Bonchev–Trinajstić information content (AvgIpc) is 2.88. The average molecular weight is 477 g/mol. The van der Waals surface area contributed by atoms with Crippen LogP contribution in [0.2, 0.25) is 0 Å². The van der Waals surface area contributed by atoms with E-state index in [1.165, 1.54) is 0 Å². The maximum Gasteiger partial charge on any atom is 0.253 e. The fraction of sp³-hybridized carbons (Fsp3) is 0.577. The predicted molar refractivity (Wildman–Crippen MR) is 139 cm³/mol. The second kappa shape index (κ2) is 9.53. The molecule has 0 bridgehead atoms. The van der Waals surface area contributed by atoms with Gasteiger partial charge in [-0.05, 0) is 26.0 Å². The molecule has 3 aliphatic rings. The van der Waals surface area contributed by atoms with Crippen molar-refractivity contribution >= 4 is 28.5 Å². The number of likely N-dealkylation sites (tertiary alicyclic amines) is 1. The van der Waals surface area contributed by atoms with Crippen molar-refractivity contribution in [2.24, 2.45) is 10.4 Å². The summed E-state index contributed by atoms with van der Waals surface area (Å²) in [7, 11) is 2.16. The van der Waals surface area contributed by atoms with Crippen molar-refractivity contribution < 1.29 is 4.79 Å². The van der Waals surface area contributed by atoms with Gasteiger partial charge in [0.25, 0.3) is 5.91 Å². The highest BCUT2D eigenvalue weighted by molar-refractivity contribution is 5.97. The van der Waals surface area contributed by atoms with Crippen LogP contribution in [0.1, 0.15) is 45.2 Å². The molecule has 9 heteroatoms. The van der Waals surface area contributed by atoms with E-state index in [-0.39, 0.29) is 17.2 Å². The number of fused-ring (bicyclic) bond motifs is 1. The smallest absolute Gasteiger partial charge is 0.253 e. The summed E-state index contributed by atoms with van der Waals surface area (Å²) < 4.78 is 0. The van der Waals surface area contributed by atoms with Gasteiger partial charge in [-0.2, -0.15) is 0 Å². The summed E-state index contributed by atoms with van der Waals surface area (Å²) in [6, 6.07) is 2.15. The highest BCUT2D eigenvalue weighted by atomic mass is 16.2. The van der Waals surface area contributed by atoms with E-state index in [1.807, 2.05) is 17.3 Å². The second-order valence-corrected chi connectivity index (χ2v) is 10.9. The third-order valence-corrected chi connectivity index (χ3v) is 7.30. The number of piperazine rings is 1. The molecular formula is C26H36N8O. The van der Waals surface area contributed by atoms with E-state index < -0.39 is 0 Å². The lowest BCUT2D eigenvalue weighted by Gasteiger charge is -2.34. The minimum atomic E-state index is -0.0525. The molecule has 0 saturated carbocycles. The van der Waals surface area contributed by atoms with Crippen LogP contribution in [0.4, 0.5) is 5.69 Å². The van der Waals surface area contributed by atoms with Crippen LogP contribution in [-0.4, -0.2) is 89.4 Å². The van der Waals surface area contributed by atoms with E-state index in [0.717, 1.165) is 72.8 Å². The molecule has 0 radical (unpaired) electrons. The number of aromatic nitrogens is 3. The van der Waals surface area contributed by atoms with Crippen LogP contribution in [0, 0.1) is 5.41 Å². The number of piperidine rings is 1. The molecule has 0 atom stereocenters. The van der Waals surface area contributed by atoms with Crippen molar-refractivity contribution in [3.8, 4) is 0 Å². The minimum Gasteiger partial charge on any atom is -0.368 e. The van der Waals surface area contributed by atoms with E-state index >= 15 is 0 Å². The normalized spacial score (nSPS) is 20.5. The Morgan fingerprint density at radius 2 is 1.77 bits per heavy atom. The molecule has 9 nitrogen and oxygen atoms in total. The minimum absolute atomic E-state index is 0.0525.